The lowest BCUT2D eigenvalue weighted by molar-refractivity contribution is -0.137. The average Bonchev–Trinajstić information content (AvgIpc) is 2.69. The Morgan fingerprint density at radius 3 is 2.58 bits per heavy atom. The molecule has 19 heavy (non-hydrogen) atoms. The molecule has 1 fully saturated rings. The van der Waals surface area contributed by atoms with Crippen molar-refractivity contribution in [3.05, 3.63) is 29.8 Å². The summed E-state index contributed by atoms with van der Waals surface area (Å²) >= 11 is 5.96. The van der Waals surface area contributed by atoms with Crippen LogP contribution in [0, 0.1) is 0 Å². The van der Waals surface area contributed by atoms with Gasteiger partial charge in [-0.25, -0.2) is 0 Å². The Morgan fingerprint density at radius 1 is 1.37 bits per heavy atom. The van der Waals surface area contributed by atoms with Gasteiger partial charge in [0.15, 0.2) is 0 Å². The summed E-state index contributed by atoms with van der Waals surface area (Å²) in [5.41, 5.74) is 1.94. The summed E-state index contributed by atoms with van der Waals surface area (Å²) in [6.07, 6.45) is 1.93. The molecule has 1 N–H and O–H groups in total. The molecule has 1 atom stereocenters. The van der Waals surface area contributed by atoms with Gasteiger partial charge in [-0.1, -0.05) is 12.1 Å². The number of carboxylic acids is 1. The number of alkyl halides is 1. The minimum absolute atomic E-state index is 0.0543. The second kappa shape index (κ2) is 6.06. The first-order valence-electron chi connectivity index (χ1n) is 6.31. The fourth-order valence-electron chi connectivity index (χ4n) is 2.20. The summed E-state index contributed by atoms with van der Waals surface area (Å²) in [6, 6.07) is 7.66. The highest BCUT2D eigenvalue weighted by molar-refractivity contribution is 6.24. The zero-order valence-corrected chi connectivity index (χ0v) is 11.3. The van der Waals surface area contributed by atoms with Crippen molar-refractivity contribution in [2.45, 2.75) is 31.1 Å². The van der Waals surface area contributed by atoms with Crippen LogP contribution in [-0.4, -0.2) is 28.9 Å². The van der Waals surface area contributed by atoms with Gasteiger partial charge in [-0.05, 0) is 30.5 Å². The Balaban J connectivity index is 1.95. The van der Waals surface area contributed by atoms with Gasteiger partial charge in [0, 0.05) is 25.1 Å². The molecular weight excluding hydrogens is 266 g/mol. The number of amides is 1. The van der Waals surface area contributed by atoms with Gasteiger partial charge in [0.05, 0.1) is 5.38 Å². The number of anilines is 1. The molecule has 0 bridgehead atoms. The molecule has 1 aliphatic rings. The molecule has 0 radical (unpaired) electrons. The third-order valence-corrected chi connectivity index (χ3v) is 3.47. The summed E-state index contributed by atoms with van der Waals surface area (Å²) in [6.45, 7) is 0.554. The summed E-state index contributed by atoms with van der Waals surface area (Å²) in [4.78, 5) is 23.8. The number of rotatable bonds is 5. The number of halogens is 1. The smallest absolute Gasteiger partial charge is 0.303 e. The maximum absolute atomic E-state index is 11.7. The van der Waals surface area contributed by atoms with E-state index in [1.165, 1.54) is 0 Å². The average molecular weight is 282 g/mol. The van der Waals surface area contributed by atoms with Crippen molar-refractivity contribution in [2.24, 2.45) is 0 Å². The van der Waals surface area contributed by atoms with Gasteiger partial charge in [0.2, 0.25) is 5.91 Å². The van der Waals surface area contributed by atoms with Crippen LogP contribution >= 0.6 is 11.6 Å². The van der Waals surface area contributed by atoms with Crippen molar-refractivity contribution in [2.75, 3.05) is 11.4 Å². The van der Waals surface area contributed by atoms with E-state index in [-0.39, 0.29) is 17.7 Å². The molecule has 1 aliphatic heterocycles. The number of hydrogen-bond acceptors (Lipinski definition) is 2. The number of aliphatic carboxylic acids is 1. The van der Waals surface area contributed by atoms with Gasteiger partial charge in [-0.3, -0.25) is 9.59 Å². The van der Waals surface area contributed by atoms with Crippen LogP contribution in [0.4, 0.5) is 5.69 Å². The molecule has 0 aromatic heterocycles. The van der Waals surface area contributed by atoms with E-state index >= 15 is 0 Å². The molecule has 1 aromatic rings. The number of carbonyl (C=O) groups is 2. The highest BCUT2D eigenvalue weighted by atomic mass is 35.5. The van der Waals surface area contributed by atoms with E-state index < -0.39 is 5.97 Å². The molecule has 102 valence electrons. The van der Waals surface area contributed by atoms with Crippen LogP contribution in [0.2, 0.25) is 0 Å². The molecule has 1 unspecified atom stereocenters. The van der Waals surface area contributed by atoms with E-state index in [1.807, 2.05) is 24.3 Å². The fraction of sp³-hybridized carbons (Fsp3) is 0.429. The Labute approximate surface area is 117 Å². The molecule has 2 rings (SSSR count). The summed E-state index contributed by atoms with van der Waals surface area (Å²) < 4.78 is 0. The summed E-state index contributed by atoms with van der Waals surface area (Å²) in [5.74, 6) is -0.717. The van der Waals surface area contributed by atoms with Crippen molar-refractivity contribution < 1.29 is 14.7 Å². The fourth-order valence-corrected chi connectivity index (χ4v) is 2.47. The third kappa shape index (κ3) is 3.70. The van der Waals surface area contributed by atoms with Gasteiger partial charge >= 0.3 is 5.97 Å². The van der Waals surface area contributed by atoms with Crippen molar-refractivity contribution >= 4 is 29.2 Å². The van der Waals surface area contributed by atoms with Crippen LogP contribution in [0.1, 0.15) is 24.8 Å². The monoisotopic (exact) mass is 281 g/mol. The van der Waals surface area contributed by atoms with Gasteiger partial charge in [-0.15, -0.1) is 11.6 Å². The number of aryl methyl sites for hydroxylation is 1. The first-order chi connectivity index (χ1) is 9.06. The molecule has 0 aliphatic carbocycles. The van der Waals surface area contributed by atoms with Gasteiger partial charge in [0.25, 0.3) is 0 Å². The van der Waals surface area contributed by atoms with Crippen molar-refractivity contribution in [1.82, 2.24) is 0 Å². The summed E-state index contributed by atoms with van der Waals surface area (Å²) in [5, 5.41) is 8.47. The molecule has 1 aromatic carbocycles. The lowest BCUT2D eigenvalue weighted by Gasteiger charge is -2.16. The van der Waals surface area contributed by atoms with Crippen LogP contribution in [-0.2, 0) is 16.0 Å². The van der Waals surface area contributed by atoms with E-state index in [0.717, 1.165) is 17.7 Å². The number of nitrogens with zero attached hydrogens (tertiary/aromatic N) is 1. The standard InChI is InChI=1S/C14H16ClNO3/c15-11-8-13(17)16(9-11)12-6-4-10(5-7-12)2-1-3-14(18)19/h4-7,11H,1-3,8-9H2,(H,18,19). The predicted molar refractivity (Wildman–Crippen MR) is 73.6 cm³/mol. The molecule has 1 heterocycles. The number of hydrogen-bond donors (Lipinski definition) is 1. The largest absolute Gasteiger partial charge is 0.481 e. The zero-order valence-electron chi connectivity index (χ0n) is 10.5. The number of benzene rings is 1. The molecule has 1 amide bonds. The normalized spacial score (nSPS) is 18.9. The zero-order chi connectivity index (χ0) is 13.8. The van der Waals surface area contributed by atoms with Crippen molar-refractivity contribution in [3.63, 3.8) is 0 Å². The first kappa shape index (κ1) is 13.9. The van der Waals surface area contributed by atoms with E-state index in [1.54, 1.807) is 4.90 Å². The lowest BCUT2D eigenvalue weighted by Crippen LogP contribution is -2.24. The van der Waals surface area contributed by atoms with E-state index in [4.69, 9.17) is 16.7 Å². The minimum atomic E-state index is -0.771. The molecule has 4 nitrogen and oxygen atoms in total. The van der Waals surface area contributed by atoms with Crippen LogP contribution in [0.5, 0.6) is 0 Å². The quantitative estimate of drug-likeness (QED) is 0.844. The van der Waals surface area contributed by atoms with Gasteiger partial charge in [0.1, 0.15) is 0 Å². The Bertz CT molecular complexity index is 472. The summed E-state index contributed by atoms with van der Waals surface area (Å²) in [7, 11) is 0. The maximum Gasteiger partial charge on any atom is 0.303 e. The SMILES string of the molecule is O=C(O)CCCc1ccc(N2CC(Cl)CC2=O)cc1. The molecule has 0 spiro atoms. The van der Waals surface area contributed by atoms with Crippen molar-refractivity contribution in [1.29, 1.82) is 0 Å². The predicted octanol–water partition coefficient (Wildman–Crippen LogP) is 2.44. The Hall–Kier alpha value is -1.55. The molecule has 0 saturated carbocycles. The highest BCUT2D eigenvalue weighted by Gasteiger charge is 2.28. The lowest BCUT2D eigenvalue weighted by atomic mass is 10.1. The van der Waals surface area contributed by atoms with Gasteiger partial charge < -0.3 is 10.0 Å². The molecule has 5 heteroatoms. The highest BCUT2D eigenvalue weighted by Crippen LogP contribution is 2.24. The van der Waals surface area contributed by atoms with Crippen LogP contribution < -0.4 is 4.90 Å². The van der Waals surface area contributed by atoms with E-state index in [2.05, 4.69) is 0 Å². The maximum atomic E-state index is 11.7. The van der Waals surface area contributed by atoms with Crippen LogP contribution in [0.25, 0.3) is 0 Å². The molecular formula is C14H16ClNO3. The first-order valence-corrected chi connectivity index (χ1v) is 6.75. The minimum Gasteiger partial charge on any atom is -0.481 e. The molecule has 1 saturated heterocycles. The number of carboxylic acid groups (broad SMARTS) is 1. The van der Waals surface area contributed by atoms with Crippen LogP contribution in [0.15, 0.2) is 24.3 Å². The van der Waals surface area contributed by atoms with Crippen LogP contribution in [0.3, 0.4) is 0 Å². The third-order valence-electron chi connectivity index (χ3n) is 3.18. The van der Waals surface area contributed by atoms with Gasteiger partial charge in [-0.2, -0.15) is 0 Å². The second-order valence-electron chi connectivity index (χ2n) is 4.72. The second-order valence-corrected chi connectivity index (χ2v) is 5.34. The van der Waals surface area contributed by atoms with Crippen molar-refractivity contribution in [3.8, 4) is 0 Å². The number of carbonyl (C=O) groups excluding carboxylic acids is 1. The Kier molecular flexibility index (Phi) is 4.43. The van der Waals surface area contributed by atoms with E-state index in [9.17, 15) is 9.59 Å². The topological polar surface area (TPSA) is 57.6 Å². The Morgan fingerprint density at radius 2 is 2.05 bits per heavy atom. The van der Waals surface area contributed by atoms with E-state index in [0.29, 0.717) is 19.4 Å².